The van der Waals surface area contributed by atoms with Gasteiger partial charge in [-0.25, -0.2) is 0 Å². The van der Waals surface area contributed by atoms with E-state index < -0.39 is 0 Å². The van der Waals surface area contributed by atoms with Crippen LogP contribution in [0.25, 0.3) is 0 Å². The van der Waals surface area contributed by atoms with E-state index >= 15 is 0 Å². The van der Waals surface area contributed by atoms with Gasteiger partial charge in [0.25, 0.3) is 0 Å². The van der Waals surface area contributed by atoms with Crippen molar-refractivity contribution in [3.8, 4) is 0 Å². The lowest BCUT2D eigenvalue weighted by atomic mass is 10.1. The van der Waals surface area contributed by atoms with Crippen molar-refractivity contribution in [3.05, 3.63) is 11.6 Å². The second-order valence-electron chi connectivity index (χ2n) is 2.46. The minimum Gasteiger partial charge on any atom is -0.316 e. The highest BCUT2D eigenvalue weighted by atomic mass is 35.5. The lowest BCUT2D eigenvalue weighted by Crippen LogP contribution is -2.08. The first-order valence-electron chi connectivity index (χ1n) is 3.39. The van der Waals surface area contributed by atoms with Crippen molar-refractivity contribution in [2.24, 2.45) is 5.92 Å². The van der Waals surface area contributed by atoms with Crippen LogP contribution in [0.1, 0.15) is 12.8 Å². The Kier molecular flexibility index (Phi) is 3.09. The number of hydrogen-bond acceptors (Lipinski definition) is 1. The Hall–Kier alpha value is -0.0100. The Balaban J connectivity index is 2.11. The van der Waals surface area contributed by atoms with Gasteiger partial charge in [-0.15, -0.1) is 0 Å². The highest BCUT2D eigenvalue weighted by Gasteiger charge is 2.11. The summed E-state index contributed by atoms with van der Waals surface area (Å²) >= 11 is 5.38. The fourth-order valence-electron chi connectivity index (χ4n) is 1.16. The maximum Gasteiger partial charge on any atom is 0.000256 e. The molecule has 1 N–H and O–H groups in total. The summed E-state index contributed by atoms with van der Waals surface area (Å²) in [4.78, 5) is 0. The second kappa shape index (κ2) is 3.91. The van der Waals surface area contributed by atoms with E-state index in [9.17, 15) is 0 Å². The summed E-state index contributed by atoms with van der Waals surface area (Å²) in [5.74, 6) is 0.833. The molecule has 1 rings (SSSR count). The fraction of sp³-hybridized carbons (Fsp3) is 0.714. The number of hydrogen-bond donors (Lipinski definition) is 1. The van der Waals surface area contributed by atoms with Crippen molar-refractivity contribution in [1.82, 2.24) is 5.32 Å². The number of rotatable bonds is 2. The van der Waals surface area contributed by atoms with Crippen LogP contribution in [0.3, 0.4) is 0 Å². The Labute approximate surface area is 61.1 Å². The van der Waals surface area contributed by atoms with Crippen molar-refractivity contribution >= 4 is 11.6 Å². The largest absolute Gasteiger partial charge is 0.316 e. The van der Waals surface area contributed by atoms with Gasteiger partial charge >= 0.3 is 0 Å². The monoisotopic (exact) mass is 145 g/mol. The molecule has 1 nitrogen and oxygen atoms in total. The Morgan fingerprint density at radius 1 is 1.67 bits per heavy atom. The van der Waals surface area contributed by atoms with E-state index in [0.717, 1.165) is 12.3 Å². The molecule has 0 aliphatic carbocycles. The first-order valence-corrected chi connectivity index (χ1v) is 3.83. The summed E-state index contributed by atoms with van der Waals surface area (Å²) in [7, 11) is 0. The van der Waals surface area contributed by atoms with Crippen LogP contribution in [0.2, 0.25) is 0 Å². The molecule has 1 saturated heterocycles. The van der Waals surface area contributed by atoms with E-state index in [1.807, 2.05) is 6.08 Å². The second-order valence-corrected chi connectivity index (χ2v) is 2.71. The summed E-state index contributed by atoms with van der Waals surface area (Å²) < 4.78 is 0. The normalized spacial score (nSPS) is 27.9. The standard InChI is InChI=1S/C7H12ClN/c8-4-1-2-7-3-5-9-6-7/h1,4,7,9H,2-3,5-6H2/b4-1+. The third-order valence-electron chi connectivity index (χ3n) is 1.72. The Bertz CT molecular complexity index is 95.1. The molecule has 1 aliphatic heterocycles. The van der Waals surface area contributed by atoms with Crippen LogP contribution in [-0.2, 0) is 0 Å². The zero-order valence-electron chi connectivity index (χ0n) is 5.44. The molecule has 0 amide bonds. The molecule has 1 atom stereocenters. The Morgan fingerprint density at radius 3 is 3.11 bits per heavy atom. The first kappa shape index (κ1) is 7.10. The molecular formula is C7H12ClN. The third kappa shape index (κ3) is 2.37. The zero-order valence-corrected chi connectivity index (χ0v) is 6.19. The van der Waals surface area contributed by atoms with E-state index in [2.05, 4.69) is 5.32 Å². The molecule has 0 aromatic rings. The van der Waals surface area contributed by atoms with E-state index in [-0.39, 0.29) is 0 Å². The number of allylic oxidation sites excluding steroid dienone is 1. The minimum atomic E-state index is 0.833. The SMILES string of the molecule is Cl/C=C/CC1CCNC1. The topological polar surface area (TPSA) is 12.0 Å². The van der Waals surface area contributed by atoms with Crippen LogP contribution < -0.4 is 5.32 Å². The summed E-state index contributed by atoms with van der Waals surface area (Å²) in [6.07, 6.45) is 4.47. The minimum absolute atomic E-state index is 0.833. The predicted molar refractivity (Wildman–Crippen MR) is 40.6 cm³/mol. The molecule has 0 spiro atoms. The molecule has 1 heterocycles. The highest BCUT2D eigenvalue weighted by Crippen LogP contribution is 2.12. The van der Waals surface area contributed by atoms with Crippen LogP contribution in [0.4, 0.5) is 0 Å². The van der Waals surface area contributed by atoms with Gasteiger partial charge < -0.3 is 5.32 Å². The van der Waals surface area contributed by atoms with Crippen LogP contribution in [0.15, 0.2) is 11.6 Å². The van der Waals surface area contributed by atoms with Crippen molar-refractivity contribution in [2.45, 2.75) is 12.8 Å². The van der Waals surface area contributed by atoms with E-state index in [1.165, 1.54) is 19.5 Å². The van der Waals surface area contributed by atoms with Gasteiger partial charge in [0.15, 0.2) is 0 Å². The first-order chi connectivity index (χ1) is 4.43. The van der Waals surface area contributed by atoms with Gasteiger partial charge in [0.2, 0.25) is 0 Å². The van der Waals surface area contributed by atoms with Crippen molar-refractivity contribution in [2.75, 3.05) is 13.1 Å². The smallest absolute Gasteiger partial charge is 0.000256 e. The Morgan fingerprint density at radius 2 is 2.56 bits per heavy atom. The number of halogens is 1. The van der Waals surface area contributed by atoms with Gasteiger partial charge in [-0.05, 0) is 31.8 Å². The quantitative estimate of drug-likeness (QED) is 0.624. The van der Waals surface area contributed by atoms with Crippen LogP contribution >= 0.6 is 11.6 Å². The number of nitrogens with one attached hydrogen (secondary N) is 1. The third-order valence-corrected chi connectivity index (χ3v) is 1.90. The summed E-state index contributed by atoms with van der Waals surface area (Å²) in [5, 5.41) is 3.30. The van der Waals surface area contributed by atoms with Gasteiger partial charge in [-0.3, -0.25) is 0 Å². The molecule has 1 fully saturated rings. The van der Waals surface area contributed by atoms with Crippen LogP contribution in [0.5, 0.6) is 0 Å². The molecule has 1 unspecified atom stereocenters. The van der Waals surface area contributed by atoms with Gasteiger partial charge in [0.05, 0.1) is 0 Å². The van der Waals surface area contributed by atoms with Crippen LogP contribution in [-0.4, -0.2) is 13.1 Å². The summed E-state index contributed by atoms with van der Waals surface area (Å²) in [5.41, 5.74) is 1.61. The lowest BCUT2D eigenvalue weighted by molar-refractivity contribution is 0.593. The van der Waals surface area contributed by atoms with E-state index in [0.29, 0.717) is 0 Å². The molecule has 52 valence electrons. The van der Waals surface area contributed by atoms with Crippen molar-refractivity contribution in [3.63, 3.8) is 0 Å². The zero-order chi connectivity index (χ0) is 6.53. The molecule has 0 aromatic carbocycles. The van der Waals surface area contributed by atoms with Gasteiger partial charge in [0.1, 0.15) is 0 Å². The molecule has 0 saturated carbocycles. The van der Waals surface area contributed by atoms with E-state index in [1.54, 1.807) is 5.54 Å². The molecule has 0 bridgehead atoms. The maximum atomic E-state index is 5.38. The molecule has 2 heteroatoms. The molecule has 1 aliphatic rings. The predicted octanol–water partition coefficient (Wildman–Crippen LogP) is 1.74. The maximum absolute atomic E-state index is 5.38. The van der Waals surface area contributed by atoms with Gasteiger partial charge in [-0.1, -0.05) is 17.7 Å². The van der Waals surface area contributed by atoms with Crippen molar-refractivity contribution < 1.29 is 0 Å². The lowest BCUT2D eigenvalue weighted by Gasteiger charge is -2.00. The summed E-state index contributed by atoms with van der Waals surface area (Å²) in [6.45, 7) is 2.35. The highest BCUT2D eigenvalue weighted by molar-refractivity contribution is 6.25. The molecular weight excluding hydrogens is 134 g/mol. The summed E-state index contributed by atoms with van der Waals surface area (Å²) in [6, 6.07) is 0. The van der Waals surface area contributed by atoms with E-state index in [4.69, 9.17) is 11.6 Å². The van der Waals surface area contributed by atoms with Crippen molar-refractivity contribution in [1.29, 1.82) is 0 Å². The van der Waals surface area contributed by atoms with Gasteiger partial charge in [-0.2, -0.15) is 0 Å². The molecule has 9 heavy (non-hydrogen) atoms. The molecule has 0 radical (unpaired) electrons. The van der Waals surface area contributed by atoms with Crippen LogP contribution in [0, 0.1) is 5.92 Å². The van der Waals surface area contributed by atoms with Gasteiger partial charge in [0, 0.05) is 5.54 Å². The fourth-order valence-corrected chi connectivity index (χ4v) is 1.26. The average Bonchev–Trinajstić information content (AvgIpc) is 2.34. The molecule has 0 aromatic heterocycles. The average molecular weight is 146 g/mol.